The Hall–Kier alpha value is -0.130. The van der Waals surface area contributed by atoms with Crippen molar-refractivity contribution < 1.29 is 13.2 Å². The minimum Gasteiger partial charge on any atom is -0.379 e. The van der Waals surface area contributed by atoms with Gasteiger partial charge in [-0.3, -0.25) is 0 Å². The molecule has 1 N–H and O–H groups in total. The maximum atomic E-state index is 10.7. The molecule has 0 aromatic rings. The molecule has 0 aliphatic carbocycles. The van der Waals surface area contributed by atoms with E-state index in [4.69, 9.17) is 4.74 Å². The van der Waals surface area contributed by atoms with Gasteiger partial charge in [-0.15, -0.1) is 0 Å². The van der Waals surface area contributed by atoms with Crippen LogP contribution in [0.25, 0.3) is 0 Å². The maximum absolute atomic E-state index is 10.7. The van der Waals surface area contributed by atoms with Gasteiger partial charge in [0.15, 0.2) is 0 Å². The van der Waals surface area contributed by atoms with Crippen LogP contribution in [0.2, 0.25) is 0 Å². The molecule has 1 heterocycles. The van der Waals surface area contributed by atoms with Gasteiger partial charge in [0.2, 0.25) is 10.0 Å². The highest BCUT2D eigenvalue weighted by Gasteiger charge is 2.11. The molecule has 0 aromatic carbocycles. The molecular weight excluding hydrogens is 142 g/mol. The second-order valence-electron chi connectivity index (χ2n) is 1.83. The average Bonchev–Trinajstić information content (AvgIpc) is 1.92. The Morgan fingerprint density at radius 2 is 2.11 bits per heavy atom. The van der Waals surface area contributed by atoms with Gasteiger partial charge in [0.25, 0.3) is 0 Å². The Morgan fingerprint density at radius 1 is 1.33 bits per heavy atom. The van der Waals surface area contributed by atoms with Crippen molar-refractivity contribution in [3.05, 3.63) is 0 Å². The van der Waals surface area contributed by atoms with Gasteiger partial charge in [0.05, 0.1) is 19.0 Å². The van der Waals surface area contributed by atoms with Crippen LogP contribution in [0.3, 0.4) is 0 Å². The van der Waals surface area contributed by atoms with Crippen LogP contribution in [-0.2, 0) is 14.8 Å². The lowest BCUT2D eigenvalue weighted by Crippen LogP contribution is -2.26. The second-order valence-corrected chi connectivity index (χ2v) is 3.75. The predicted molar refractivity (Wildman–Crippen MR) is 32.6 cm³/mol. The van der Waals surface area contributed by atoms with Crippen molar-refractivity contribution in [2.45, 2.75) is 0 Å². The Balaban J connectivity index is 2.56. The van der Waals surface area contributed by atoms with Crippen molar-refractivity contribution >= 4 is 10.0 Å². The zero-order valence-corrected chi connectivity index (χ0v) is 5.78. The third kappa shape index (κ3) is 2.30. The molecule has 0 unspecified atom stereocenters. The Morgan fingerprint density at radius 3 is 2.89 bits per heavy atom. The summed E-state index contributed by atoms with van der Waals surface area (Å²) in [5, 5.41) is 0. The van der Waals surface area contributed by atoms with Gasteiger partial charge in [-0.1, -0.05) is 0 Å². The Labute approximate surface area is 54.3 Å². The van der Waals surface area contributed by atoms with Crippen LogP contribution in [0.4, 0.5) is 0 Å². The summed E-state index contributed by atoms with van der Waals surface area (Å²) < 4.78 is 28.6. The highest BCUT2D eigenvalue weighted by molar-refractivity contribution is 7.89. The monoisotopic (exact) mass is 151 g/mol. The van der Waals surface area contributed by atoms with E-state index in [9.17, 15) is 8.42 Å². The summed E-state index contributed by atoms with van der Waals surface area (Å²) in [5.74, 6) is 0.0903. The highest BCUT2D eigenvalue weighted by Crippen LogP contribution is 1.89. The van der Waals surface area contributed by atoms with E-state index >= 15 is 0 Å². The average molecular weight is 151 g/mol. The molecule has 54 valence electrons. The van der Waals surface area contributed by atoms with Crippen LogP contribution in [0.5, 0.6) is 0 Å². The first-order chi connectivity index (χ1) is 4.21. The predicted octanol–water partition coefficient (Wildman–Crippen LogP) is -1.06. The largest absolute Gasteiger partial charge is 0.379 e. The minimum atomic E-state index is -2.99. The molecule has 1 fully saturated rings. The number of nitrogens with one attached hydrogen (secondary N) is 1. The van der Waals surface area contributed by atoms with Crippen molar-refractivity contribution in [2.24, 2.45) is 0 Å². The molecule has 1 saturated heterocycles. The fourth-order valence-electron chi connectivity index (χ4n) is 0.612. The van der Waals surface area contributed by atoms with Gasteiger partial charge in [-0.2, -0.15) is 0 Å². The summed E-state index contributed by atoms with van der Waals surface area (Å²) in [4.78, 5) is 0. The molecule has 4 nitrogen and oxygen atoms in total. The van der Waals surface area contributed by atoms with Crippen LogP contribution in [0.1, 0.15) is 0 Å². The number of ether oxygens (including phenoxy) is 1. The minimum absolute atomic E-state index is 0.0903. The first-order valence-electron chi connectivity index (χ1n) is 2.76. The molecule has 0 saturated carbocycles. The Bertz CT molecular complexity index is 160. The molecule has 0 amide bonds. The second kappa shape index (κ2) is 2.64. The van der Waals surface area contributed by atoms with Gasteiger partial charge in [-0.05, 0) is 0 Å². The van der Waals surface area contributed by atoms with Crippen molar-refractivity contribution in [1.82, 2.24) is 4.72 Å². The van der Waals surface area contributed by atoms with Crippen molar-refractivity contribution in [3.8, 4) is 0 Å². The molecule has 9 heavy (non-hydrogen) atoms. The summed E-state index contributed by atoms with van der Waals surface area (Å²) >= 11 is 0. The van der Waals surface area contributed by atoms with E-state index in [0.29, 0.717) is 19.8 Å². The summed E-state index contributed by atoms with van der Waals surface area (Å²) in [6.07, 6.45) is 0. The zero-order valence-electron chi connectivity index (χ0n) is 4.96. The van der Waals surface area contributed by atoms with Crippen LogP contribution < -0.4 is 4.72 Å². The number of sulfonamides is 1. The van der Waals surface area contributed by atoms with Crippen molar-refractivity contribution in [1.29, 1.82) is 0 Å². The number of hydrogen-bond acceptors (Lipinski definition) is 3. The van der Waals surface area contributed by atoms with Crippen LogP contribution >= 0.6 is 0 Å². The third-order valence-corrected chi connectivity index (χ3v) is 2.41. The Kier molecular flexibility index (Phi) is 2.05. The smallest absolute Gasteiger partial charge is 0.213 e. The summed E-state index contributed by atoms with van der Waals surface area (Å²) in [6.45, 7) is 1.21. The quantitative estimate of drug-likeness (QED) is 0.480. The van der Waals surface area contributed by atoms with Crippen molar-refractivity contribution in [3.63, 3.8) is 0 Å². The van der Waals surface area contributed by atoms with E-state index in [2.05, 4.69) is 4.72 Å². The summed E-state index contributed by atoms with van der Waals surface area (Å²) in [5.41, 5.74) is 0. The van der Waals surface area contributed by atoms with Gasteiger partial charge in [0, 0.05) is 6.54 Å². The van der Waals surface area contributed by atoms with E-state index in [1.54, 1.807) is 0 Å². The summed E-state index contributed by atoms with van der Waals surface area (Å²) in [7, 11) is -2.99. The van der Waals surface area contributed by atoms with Crippen LogP contribution in [0.15, 0.2) is 0 Å². The maximum Gasteiger partial charge on any atom is 0.213 e. The van der Waals surface area contributed by atoms with E-state index in [0.717, 1.165) is 0 Å². The number of rotatable bonds is 0. The SMILES string of the molecule is O=S1(=O)CCOCCN1. The van der Waals surface area contributed by atoms with Gasteiger partial charge < -0.3 is 4.74 Å². The molecule has 1 aliphatic heterocycles. The lowest BCUT2D eigenvalue weighted by atomic mass is 10.7. The molecule has 0 spiro atoms. The van der Waals surface area contributed by atoms with Crippen LogP contribution in [0, 0.1) is 0 Å². The number of hydrogen-bond donors (Lipinski definition) is 1. The van der Waals surface area contributed by atoms with Crippen molar-refractivity contribution in [2.75, 3.05) is 25.5 Å². The third-order valence-electron chi connectivity index (χ3n) is 1.06. The zero-order chi connectivity index (χ0) is 6.74. The standard InChI is InChI=1S/C4H9NO3S/c6-9(7)4-3-8-2-1-5-9/h5H,1-4H2. The molecule has 0 aromatic heterocycles. The van der Waals surface area contributed by atoms with E-state index < -0.39 is 10.0 Å². The molecule has 1 aliphatic rings. The fourth-order valence-corrected chi connectivity index (χ4v) is 1.49. The normalized spacial score (nSPS) is 27.1. The molecule has 0 atom stereocenters. The van der Waals surface area contributed by atoms with Gasteiger partial charge in [-0.25, -0.2) is 13.1 Å². The lowest BCUT2D eigenvalue weighted by molar-refractivity contribution is 0.160. The van der Waals surface area contributed by atoms with Crippen LogP contribution in [-0.4, -0.2) is 33.9 Å². The summed E-state index contributed by atoms with van der Waals surface area (Å²) in [6, 6.07) is 0. The van der Waals surface area contributed by atoms with E-state index in [1.807, 2.05) is 0 Å². The fraction of sp³-hybridized carbons (Fsp3) is 1.00. The molecule has 1 rings (SSSR count). The first kappa shape index (κ1) is 6.98. The molecular formula is C4H9NO3S. The first-order valence-corrected chi connectivity index (χ1v) is 4.41. The van der Waals surface area contributed by atoms with Gasteiger partial charge >= 0.3 is 0 Å². The molecule has 5 heteroatoms. The molecule has 0 bridgehead atoms. The lowest BCUT2D eigenvalue weighted by Gasteiger charge is -1.95. The highest BCUT2D eigenvalue weighted by atomic mass is 32.2. The van der Waals surface area contributed by atoms with E-state index in [-0.39, 0.29) is 5.75 Å². The topological polar surface area (TPSA) is 55.4 Å². The molecule has 0 radical (unpaired) electrons. The van der Waals surface area contributed by atoms with Gasteiger partial charge in [0.1, 0.15) is 0 Å². The van der Waals surface area contributed by atoms with E-state index in [1.165, 1.54) is 0 Å².